The molecule has 0 bridgehead atoms. The van der Waals surface area contributed by atoms with Crippen LogP contribution >= 0.6 is 0 Å². The van der Waals surface area contributed by atoms with Crippen molar-refractivity contribution in [2.24, 2.45) is 32.6 Å². The Morgan fingerprint density at radius 1 is 0.583 bits per heavy atom. The molecular weight excluding hydrogens is 767 g/mol. The van der Waals surface area contributed by atoms with Crippen LogP contribution in [0.15, 0.2) is 122 Å². The van der Waals surface area contributed by atoms with Crippen molar-refractivity contribution in [1.82, 2.24) is 45.0 Å². The summed E-state index contributed by atoms with van der Waals surface area (Å²) >= 11 is 0. The number of fused-ring (bicyclic) bond motifs is 1. The molecule has 304 valence electrons. The van der Waals surface area contributed by atoms with Gasteiger partial charge >= 0.3 is 0 Å². The molecule has 0 aliphatic heterocycles. The summed E-state index contributed by atoms with van der Waals surface area (Å²) in [4.78, 5) is 77.9. The van der Waals surface area contributed by atoms with Crippen LogP contribution in [0.4, 0.5) is 0 Å². The number of pyridine rings is 1. The molecule has 3 aromatic carbocycles. The second kappa shape index (κ2) is 18.5. The highest BCUT2D eigenvalue weighted by Crippen LogP contribution is 2.26. The van der Waals surface area contributed by atoms with Crippen molar-refractivity contribution in [2.75, 3.05) is 0 Å². The Balaban J connectivity index is 0.000000203. The quantitative estimate of drug-likeness (QED) is 0.117. The molecule has 17 nitrogen and oxygen atoms in total. The van der Waals surface area contributed by atoms with Gasteiger partial charge in [-0.05, 0) is 28.6 Å². The molecule has 0 spiro atoms. The highest BCUT2D eigenvalue weighted by molar-refractivity contribution is 6.38. The van der Waals surface area contributed by atoms with Crippen molar-refractivity contribution in [3.05, 3.63) is 144 Å². The van der Waals surface area contributed by atoms with Gasteiger partial charge in [0.2, 0.25) is 11.6 Å². The highest BCUT2D eigenvalue weighted by atomic mass is 16.2. The van der Waals surface area contributed by atoms with E-state index in [1.807, 2.05) is 72.8 Å². The maximum Gasteiger partial charge on any atom is 0.287 e. The Hall–Kier alpha value is -8.08. The summed E-state index contributed by atoms with van der Waals surface area (Å²) in [5, 5.41) is 20.1. The number of benzene rings is 3. The minimum Gasteiger partial charge on any atom is -0.363 e. The molecule has 7 aromatic rings. The van der Waals surface area contributed by atoms with Crippen LogP contribution in [0.1, 0.15) is 31.8 Å². The van der Waals surface area contributed by atoms with Crippen LogP contribution in [0.2, 0.25) is 0 Å². The van der Waals surface area contributed by atoms with Crippen LogP contribution < -0.4 is 22.1 Å². The van der Waals surface area contributed by atoms with Crippen molar-refractivity contribution < 1.29 is 28.8 Å². The predicted molar refractivity (Wildman–Crippen MR) is 221 cm³/mol. The lowest BCUT2D eigenvalue weighted by atomic mass is 10.0. The number of nitrogens with two attached hydrogens (primary N) is 2. The number of ketones is 2. The van der Waals surface area contributed by atoms with Gasteiger partial charge in [-0.2, -0.15) is 15.3 Å². The first-order valence-electron chi connectivity index (χ1n) is 18.5. The topological polar surface area (TPSA) is 245 Å². The van der Waals surface area contributed by atoms with Crippen LogP contribution in [0.3, 0.4) is 0 Å². The first-order valence-corrected chi connectivity index (χ1v) is 18.5. The number of aromatic nitrogens is 7. The molecule has 0 aliphatic carbocycles. The Kier molecular flexibility index (Phi) is 12.8. The van der Waals surface area contributed by atoms with Gasteiger partial charge in [-0.1, -0.05) is 72.8 Å². The van der Waals surface area contributed by atoms with E-state index in [4.69, 9.17) is 11.5 Å². The Labute approximate surface area is 343 Å². The molecule has 2 atom stereocenters. The molecule has 7 rings (SSSR count). The van der Waals surface area contributed by atoms with Gasteiger partial charge in [0.15, 0.2) is 0 Å². The minimum absolute atomic E-state index is 0.144. The number of rotatable bonds is 14. The van der Waals surface area contributed by atoms with Crippen molar-refractivity contribution in [3.8, 4) is 22.5 Å². The van der Waals surface area contributed by atoms with Crippen LogP contribution in [-0.4, -0.2) is 81.6 Å². The van der Waals surface area contributed by atoms with Crippen LogP contribution in [-0.2, 0) is 53.2 Å². The monoisotopic (exact) mass is 807 g/mol. The minimum atomic E-state index is -1.10. The van der Waals surface area contributed by atoms with Gasteiger partial charge in [-0.3, -0.25) is 47.8 Å². The average Bonchev–Trinajstić information content (AvgIpc) is 3.98. The van der Waals surface area contributed by atoms with E-state index in [9.17, 15) is 28.8 Å². The molecule has 6 N–H and O–H groups in total. The van der Waals surface area contributed by atoms with E-state index in [2.05, 4.69) is 30.9 Å². The fourth-order valence-electron chi connectivity index (χ4n) is 6.45. The summed E-state index contributed by atoms with van der Waals surface area (Å²) in [5.74, 6) is -4.95. The maximum absolute atomic E-state index is 13.2. The zero-order chi connectivity index (χ0) is 42.9. The van der Waals surface area contributed by atoms with Gasteiger partial charge in [-0.25, -0.2) is 0 Å². The summed E-state index contributed by atoms with van der Waals surface area (Å²) in [7, 11) is 5.15. The lowest BCUT2D eigenvalue weighted by molar-refractivity contribution is -0.137. The second-order valence-corrected chi connectivity index (χ2v) is 13.9. The summed E-state index contributed by atoms with van der Waals surface area (Å²) in [6.45, 7) is 0. The number of nitrogens with zero attached hydrogens (tertiary/aromatic N) is 7. The van der Waals surface area contributed by atoms with Crippen molar-refractivity contribution >= 4 is 46.0 Å². The standard InChI is InChI=1S/C24H21N5O3.C19H20N6O3/c1-29-14-19(21(28-29)17-8-7-16-9-10-26-13-18(16)12-17)24(32)27-20(22(30)23(25)31)11-15-5-3-2-4-6-15;1-24-10-13(9-21-24)16-14(11-25(2)23-16)19(28)22-15(17(26)18(20)27)8-12-6-4-3-5-7-12/h2-10,12-14,20H,11H2,1H3,(H2,25,31)(H,27,32);3-7,9-11,15H,8H2,1-2H3,(H2,20,27)(H,22,28). The van der Waals surface area contributed by atoms with Crippen LogP contribution in [0.5, 0.6) is 0 Å². The molecule has 0 fully saturated rings. The van der Waals surface area contributed by atoms with E-state index in [0.29, 0.717) is 17.0 Å². The first kappa shape index (κ1) is 41.6. The molecule has 4 heterocycles. The van der Waals surface area contributed by atoms with Crippen molar-refractivity contribution in [2.45, 2.75) is 24.9 Å². The largest absolute Gasteiger partial charge is 0.363 e. The third-order valence-corrected chi connectivity index (χ3v) is 9.33. The number of primary amides is 2. The Morgan fingerprint density at radius 3 is 1.55 bits per heavy atom. The second-order valence-electron chi connectivity index (χ2n) is 13.9. The van der Waals surface area contributed by atoms with E-state index in [1.54, 1.807) is 75.1 Å². The summed E-state index contributed by atoms with van der Waals surface area (Å²) < 4.78 is 4.62. The fourth-order valence-corrected chi connectivity index (χ4v) is 6.45. The third kappa shape index (κ3) is 10.1. The maximum atomic E-state index is 13.2. The summed E-state index contributed by atoms with van der Waals surface area (Å²) in [6, 6.07) is 23.6. The molecule has 4 amide bonds. The van der Waals surface area contributed by atoms with Crippen molar-refractivity contribution in [3.63, 3.8) is 0 Å². The number of hydrogen-bond acceptors (Lipinski definition) is 10. The number of hydrogen-bond donors (Lipinski definition) is 4. The third-order valence-electron chi connectivity index (χ3n) is 9.33. The summed E-state index contributed by atoms with van der Waals surface area (Å²) in [6.07, 6.45) is 10.2. The Bertz CT molecular complexity index is 2700. The SMILES string of the molecule is Cn1cc(-c2nn(C)cc2C(=O)NC(Cc2ccccc2)C(=O)C(N)=O)cn1.Cn1cc(C(=O)NC(Cc2ccccc2)C(=O)C(N)=O)c(-c2ccc3ccncc3c2)n1. The van der Waals surface area contributed by atoms with E-state index >= 15 is 0 Å². The van der Waals surface area contributed by atoms with Gasteiger partial charge in [0, 0.05) is 81.5 Å². The van der Waals surface area contributed by atoms with Crippen LogP contribution in [0.25, 0.3) is 33.3 Å². The van der Waals surface area contributed by atoms with E-state index < -0.39 is 47.3 Å². The smallest absolute Gasteiger partial charge is 0.287 e. The number of carbonyl (C=O) groups excluding carboxylic acids is 6. The zero-order valence-electron chi connectivity index (χ0n) is 32.9. The van der Waals surface area contributed by atoms with Gasteiger partial charge in [0.1, 0.15) is 23.5 Å². The molecule has 0 radical (unpaired) electrons. The molecule has 17 heteroatoms. The number of Topliss-reactive ketones (excluding diaryl/α,β-unsaturated/α-hetero) is 2. The number of nitrogens with one attached hydrogen (secondary N) is 2. The van der Waals surface area contributed by atoms with Gasteiger partial charge in [0.25, 0.3) is 23.6 Å². The van der Waals surface area contributed by atoms with E-state index in [1.165, 1.54) is 9.36 Å². The van der Waals surface area contributed by atoms with Crippen LogP contribution in [0, 0.1) is 0 Å². The predicted octanol–water partition coefficient (Wildman–Crippen LogP) is 2.25. The fraction of sp³-hybridized carbons (Fsp3) is 0.163. The molecule has 2 unspecified atom stereocenters. The van der Waals surface area contributed by atoms with E-state index in [0.717, 1.165) is 27.5 Å². The zero-order valence-corrected chi connectivity index (χ0v) is 32.9. The van der Waals surface area contributed by atoms with Gasteiger partial charge < -0.3 is 22.1 Å². The lowest BCUT2D eigenvalue weighted by Gasteiger charge is -2.16. The first-order chi connectivity index (χ1) is 28.8. The van der Waals surface area contributed by atoms with E-state index in [-0.39, 0.29) is 24.0 Å². The summed E-state index contributed by atoms with van der Waals surface area (Å²) in [5.41, 5.74) is 14.8. The van der Waals surface area contributed by atoms with Gasteiger partial charge in [0.05, 0.1) is 17.3 Å². The molecule has 60 heavy (non-hydrogen) atoms. The highest BCUT2D eigenvalue weighted by Gasteiger charge is 2.29. The average molecular weight is 808 g/mol. The molecule has 4 aromatic heterocycles. The van der Waals surface area contributed by atoms with Crippen molar-refractivity contribution in [1.29, 1.82) is 0 Å². The number of aryl methyl sites for hydroxylation is 3. The van der Waals surface area contributed by atoms with Gasteiger partial charge in [-0.15, -0.1) is 0 Å². The normalized spacial score (nSPS) is 11.8. The Morgan fingerprint density at radius 2 is 1.08 bits per heavy atom. The molecule has 0 aliphatic rings. The molecular formula is C43H41N11O6. The molecule has 0 saturated heterocycles. The molecule has 0 saturated carbocycles. The number of carbonyl (C=O) groups is 6. The number of amides is 4. The lowest BCUT2D eigenvalue weighted by Crippen LogP contribution is -2.47.